The van der Waals surface area contributed by atoms with E-state index < -0.39 is 10.0 Å². The van der Waals surface area contributed by atoms with Crippen LogP contribution in [-0.2, 0) is 10.0 Å². The zero-order chi connectivity index (χ0) is 21.0. The van der Waals surface area contributed by atoms with Crippen LogP contribution in [0.25, 0.3) is 32.6 Å². The Labute approximate surface area is 175 Å². The lowest BCUT2D eigenvalue weighted by Crippen LogP contribution is -2.13. The highest BCUT2D eigenvalue weighted by Gasteiger charge is 2.24. The molecule has 0 aliphatic rings. The Morgan fingerprint density at radius 1 is 0.733 bits per heavy atom. The van der Waals surface area contributed by atoms with Crippen molar-refractivity contribution < 1.29 is 13.2 Å². The normalized spacial score (nSPS) is 12.1. The number of hydrogen-bond acceptors (Lipinski definition) is 3. The molecule has 4 nitrogen and oxygen atoms in total. The minimum atomic E-state index is -3.80. The van der Waals surface area contributed by atoms with Crippen LogP contribution in [0.5, 0.6) is 5.75 Å². The summed E-state index contributed by atoms with van der Waals surface area (Å²) in [5.41, 5.74) is 3.48. The van der Waals surface area contributed by atoms with Crippen LogP contribution in [0, 0.1) is 13.8 Å². The highest BCUT2D eigenvalue weighted by atomic mass is 32.2. The lowest BCUT2D eigenvalue weighted by Gasteiger charge is -2.12. The number of fused-ring (bicyclic) bond motifs is 5. The summed E-state index contributed by atoms with van der Waals surface area (Å²) in [7, 11) is -2.17. The molecule has 150 valence electrons. The summed E-state index contributed by atoms with van der Waals surface area (Å²) in [6.07, 6.45) is 0. The van der Waals surface area contributed by atoms with Crippen molar-refractivity contribution >= 4 is 42.6 Å². The molecule has 1 heterocycles. The highest BCUT2D eigenvalue weighted by molar-refractivity contribution is 7.90. The van der Waals surface area contributed by atoms with E-state index in [1.807, 2.05) is 74.5 Å². The minimum absolute atomic E-state index is 0.276. The number of hydrogen-bond donors (Lipinski definition) is 0. The molecular formula is C25H21NO3S. The average Bonchev–Trinajstić information content (AvgIpc) is 3.08. The highest BCUT2D eigenvalue weighted by Crippen LogP contribution is 2.38. The fraction of sp³-hybridized carbons (Fsp3) is 0.120. The third-order valence-electron chi connectivity index (χ3n) is 5.62. The van der Waals surface area contributed by atoms with Gasteiger partial charge in [0.2, 0.25) is 0 Å². The van der Waals surface area contributed by atoms with Crippen molar-refractivity contribution in [3.63, 3.8) is 0 Å². The molecule has 0 unspecified atom stereocenters. The second-order valence-corrected chi connectivity index (χ2v) is 9.44. The molecule has 0 saturated heterocycles. The molecule has 0 aliphatic heterocycles. The van der Waals surface area contributed by atoms with Gasteiger partial charge in [0.15, 0.2) is 0 Å². The number of nitrogens with zero attached hydrogens (tertiary/aromatic N) is 1. The van der Waals surface area contributed by atoms with E-state index in [4.69, 9.17) is 4.74 Å². The minimum Gasteiger partial charge on any atom is -0.497 e. The molecule has 0 N–H and O–H groups in total. The second kappa shape index (κ2) is 6.61. The first-order valence-corrected chi connectivity index (χ1v) is 11.2. The van der Waals surface area contributed by atoms with Gasteiger partial charge in [-0.25, -0.2) is 12.4 Å². The molecule has 5 heteroatoms. The first-order chi connectivity index (χ1) is 14.4. The molecule has 0 radical (unpaired) electrons. The standard InChI is InChI=1S/C25H21NO3S/c1-16-4-9-20(10-5-16)30(27,28)26-24-13-6-17(2)14-23(24)22-11-7-18-15-19(29-3)8-12-21(18)25(22)26/h4-15H,1-3H3. The van der Waals surface area contributed by atoms with Crippen molar-refractivity contribution in [2.75, 3.05) is 7.11 Å². The lowest BCUT2D eigenvalue weighted by molar-refractivity contribution is 0.415. The van der Waals surface area contributed by atoms with Gasteiger partial charge < -0.3 is 4.74 Å². The van der Waals surface area contributed by atoms with Gasteiger partial charge in [-0.1, -0.05) is 41.5 Å². The number of benzene rings is 4. The predicted molar refractivity (Wildman–Crippen MR) is 122 cm³/mol. The molecule has 5 aromatic rings. The molecule has 0 aliphatic carbocycles. The topological polar surface area (TPSA) is 48.3 Å². The summed E-state index contributed by atoms with van der Waals surface area (Å²) in [6.45, 7) is 3.96. The van der Waals surface area contributed by atoms with E-state index in [9.17, 15) is 8.42 Å². The SMILES string of the molecule is COc1ccc2c(ccc3c4cc(C)ccc4n(S(=O)(=O)c4ccc(C)cc4)c23)c1. The second-order valence-electron chi connectivity index (χ2n) is 7.65. The Kier molecular flexibility index (Phi) is 4.12. The Morgan fingerprint density at radius 3 is 2.17 bits per heavy atom. The van der Waals surface area contributed by atoms with Gasteiger partial charge in [-0.15, -0.1) is 0 Å². The molecule has 30 heavy (non-hydrogen) atoms. The Hall–Kier alpha value is -3.31. The zero-order valence-corrected chi connectivity index (χ0v) is 17.8. The van der Waals surface area contributed by atoms with Crippen LogP contribution in [0.1, 0.15) is 11.1 Å². The van der Waals surface area contributed by atoms with Gasteiger partial charge >= 0.3 is 0 Å². The van der Waals surface area contributed by atoms with E-state index in [2.05, 4.69) is 0 Å². The maximum atomic E-state index is 13.8. The Balaban J connectivity index is 1.98. The number of aromatic nitrogens is 1. The molecule has 4 aromatic carbocycles. The molecule has 0 atom stereocenters. The lowest BCUT2D eigenvalue weighted by atomic mass is 10.0. The van der Waals surface area contributed by atoms with E-state index >= 15 is 0 Å². The molecule has 0 spiro atoms. The van der Waals surface area contributed by atoms with Gasteiger partial charge in [0.25, 0.3) is 10.0 Å². The number of aryl methyl sites for hydroxylation is 2. The maximum absolute atomic E-state index is 13.8. The fourth-order valence-corrected chi connectivity index (χ4v) is 5.63. The van der Waals surface area contributed by atoms with Crippen molar-refractivity contribution in [2.24, 2.45) is 0 Å². The maximum Gasteiger partial charge on any atom is 0.268 e. The molecule has 0 amide bonds. The van der Waals surface area contributed by atoms with Gasteiger partial charge in [-0.2, -0.15) is 0 Å². The largest absolute Gasteiger partial charge is 0.497 e. The molecular weight excluding hydrogens is 394 g/mol. The van der Waals surface area contributed by atoms with Crippen LogP contribution >= 0.6 is 0 Å². The van der Waals surface area contributed by atoms with Crippen molar-refractivity contribution in [3.05, 3.63) is 83.9 Å². The smallest absolute Gasteiger partial charge is 0.268 e. The van der Waals surface area contributed by atoms with E-state index in [-0.39, 0.29) is 4.90 Å². The van der Waals surface area contributed by atoms with Crippen LogP contribution in [0.3, 0.4) is 0 Å². The summed E-state index contributed by atoms with van der Waals surface area (Å²) >= 11 is 0. The van der Waals surface area contributed by atoms with E-state index in [0.717, 1.165) is 38.4 Å². The van der Waals surface area contributed by atoms with Crippen LogP contribution in [0.15, 0.2) is 77.7 Å². The van der Waals surface area contributed by atoms with Gasteiger partial charge in [-0.05, 0) is 61.7 Å². The van der Waals surface area contributed by atoms with Gasteiger partial charge in [-0.3, -0.25) is 0 Å². The van der Waals surface area contributed by atoms with Crippen molar-refractivity contribution in [3.8, 4) is 5.75 Å². The van der Waals surface area contributed by atoms with Gasteiger partial charge in [0, 0.05) is 16.2 Å². The Morgan fingerprint density at radius 2 is 1.43 bits per heavy atom. The number of ether oxygens (including phenoxy) is 1. The first kappa shape index (κ1) is 18.7. The quantitative estimate of drug-likeness (QED) is 0.374. The summed E-state index contributed by atoms with van der Waals surface area (Å²) in [4.78, 5) is 0.276. The van der Waals surface area contributed by atoms with E-state index in [1.54, 1.807) is 19.2 Å². The van der Waals surface area contributed by atoms with E-state index in [0.29, 0.717) is 11.0 Å². The molecule has 0 bridgehead atoms. The molecule has 1 aromatic heterocycles. The van der Waals surface area contributed by atoms with Crippen molar-refractivity contribution in [1.29, 1.82) is 0 Å². The summed E-state index contributed by atoms with van der Waals surface area (Å²) in [5, 5.41) is 3.65. The Bertz CT molecular complexity index is 1550. The van der Waals surface area contributed by atoms with Crippen LogP contribution in [-0.4, -0.2) is 19.5 Å². The summed E-state index contributed by atoms with van der Waals surface area (Å²) < 4.78 is 34.5. The number of methoxy groups -OCH3 is 1. The van der Waals surface area contributed by atoms with E-state index in [1.165, 1.54) is 3.97 Å². The van der Waals surface area contributed by atoms with Crippen LogP contribution in [0.4, 0.5) is 0 Å². The molecule has 0 saturated carbocycles. The van der Waals surface area contributed by atoms with Crippen molar-refractivity contribution in [1.82, 2.24) is 3.97 Å². The van der Waals surface area contributed by atoms with Crippen LogP contribution in [0.2, 0.25) is 0 Å². The zero-order valence-electron chi connectivity index (χ0n) is 17.0. The fourth-order valence-electron chi connectivity index (χ4n) is 4.08. The average molecular weight is 416 g/mol. The molecule has 5 rings (SSSR count). The van der Waals surface area contributed by atoms with Gasteiger partial charge in [0.05, 0.1) is 23.0 Å². The van der Waals surface area contributed by atoms with Gasteiger partial charge in [0.1, 0.15) is 5.75 Å². The van der Waals surface area contributed by atoms with Crippen molar-refractivity contribution in [2.45, 2.75) is 18.7 Å². The summed E-state index contributed by atoms with van der Waals surface area (Å²) in [6, 6.07) is 22.6. The third kappa shape index (κ3) is 2.70. The first-order valence-electron chi connectivity index (χ1n) is 9.74. The third-order valence-corrected chi connectivity index (χ3v) is 7.35. The number of rotatable bonds is 3. The summed E-state index contributed by atoms with van der Waals surface area (Å²) in [5.74, 6) is 0.738. The van der Waals surface area contributed by atoms with Crippen LogP contribution < -0.4 is 4.74 Å². The monoisotopic (exact) mass is 415 g/mol. The predicted octanol–water partition coefficient (Wildman–Crippen LogP) is 5.81. The molecule has 0 fully saturated rings.